The minimum absolute atomic E-state index is 0.0759. The quantitative estimate of drug-likeness (QED) is 0.608. The zero-order valence-corrected chi connectivity index (χ0v) is 11.7. The van der Waals surface area contributed by atoms with Gasteiger partial charge < -0.3 is 24.1 Å². The van der Waals surface area contributed by atoms with E-state index in [1.54, 1.807) is 0 Å². The van der Waals surface area contributed by atoms with Crippen LogP contribution in [0.4, 0.5) is 0 Å². The van der Waals surface area contributed by atoms with Crippen LogP contribution in [0.2, 0.25) is 0 Å². The van der Waals surface area contributed by atoms with Crippen molar-refractivity contribution < 1.29 is 32.5 Å². The van der Waals surface area contributed by atoms with E-state index in [-0.39, 0.29) is 42.3 Å². The monoisotopic (exact) mass is 304 g/mol. The van der Waals surface area contributed by atoms with Crippen LogP contribution in [-0.2, 0) is 28.8 Å². The molecule has 8 heteroatoms. The molecule has 5 saturated heterocycles. The third kappa shape index (κ3) is 1.02. The normalized spacial score (nSPS) is 64.1. The molecule has 1 spiro atoms. The van der Waals surface area contributed by atoms with E-state index < -0.39 is 33.2 Å². The molecule has 2 bridgehead atoms. The third-order valence-electron chi connectivity index (χ3n) is 5.89. The Kier molecular flexibility index (Phi) is 1.99. The van der Waals surface area contributed by atoms with Crippen molar-refractivity contribution in [2.75, 3.05) is 25.2 Å². The van der Waals surface area contributed by atoms with Gasteiger partial charge in [0.05, 0.1) is 41.7 Å². The van der Waals surface area contributed by atoms with E-state index in [0.29, 0.717) is 0 Å². The van der Waals surface area contributed by atoms with E-state index in [9.17, 15) is 13.5 Å². The maximum absolute atomic E-state index is 12.2. The molecule has 8 atom stereocenters. The molecule has 0 aliphatic carbocycles. The lowest BCUT2D eigenvalue weighted by Gasteiger charge is -2.48. The van der Waals surface area contributed by atoms with E-state index in [0.717, 1.165) is 0 Å². The summed E-state index contributed by atoms with van der Waals surface area (Å²) in [6.45, 7) is -0.166. The number of ether oxygens (including phenoxy) is 4. The Morgan fingerprint density at radius 1 is 1.35 bits per heavy atom. The number of methoxy groups -OCH3 is 1. The van der Waals surface area contributed by atoms with Crippen molar-refractivity contribution in [3.8, 4) is 0 Å². The Morgan fingerprint density at radius 2 is 2.15 bits per heavy atom. The highest BCUT2D eigenvalue weighted by Crippen LogP contribution is 2.72. The summed E-state index contributed by atoms with van der Waals surface area (Å²) in [5.41, 5.74) is -1.68. The van der Waals surface area contributed by atoms with Crippen molar-refractivity contribution in [3.63, 3.8) is 0 Å². The molecule has 5 aliphatic heterocycles. The van der Waals surface area contributed by atoms with Gasteiger partial charge in [0.1, 0.15) is 17.8 Å². The van der Waals surface area contributed by atoms with Gasteiger partial charge in [0.25, 0.3) is 0 Å². The molecule has 0 aromatic rings. The second kappa shape index (κ2) is 3.23. The molecule has 7 nitrogen and oxygen atoms in total. The average molecular weight is 304 g/mol. The lowest BCUT2D eigenvalue weighted by molar-refractivity contribution is -0.176. The molecule has 0 unspecified atom stereocenters. The number of aliphatic hydroxyl groups excluding tert-OH is 1. The molecule has 0 aromatic heterocycles. The van der Waals surface area contributed by atoms with Crippen LogP contribution >= 0.6 is 0 Å². The van der Waals surface area contributed by atoms with Crippen molar-refractivity contribution in [2.24, 2.45) is 11.3 Å². The van der Waals surface area contributed by atoms with Gasteiger partial charge in [-0.25, -0.2) is 8.42 Å². The fraction of sp³-hybridized carbons (Fsp3) is 1.00. The van der Waals surface area contributed by atoms with Crippen molar-refractivity contribution in [1.82, 2.24) is 0 Å². The van der Waals surface area contributed by atoms with Crippen LogP contribution in [0.15, 0.2) is 0 Å². The molecule has 5 heterocycles. The van der Waals surface area contributed by atoms with Gasteiger partial charge in [-0.3, -0.25) is 0 Å². The maximum Gasteiger partial charge on any atom is 0.163 e. The molecule has 0 aromatic carbocycles. The molecule has 5 aliphatic rings. The summed E-state index contributed by atoms with van der Waals surface area (Å²) >= 11 is 0. The van der Waals surface area contributed by atoms with E-state index in [4.69, 9.17) is 18.9 Å². The van der Waals surface area contributed by atoms with Crippen molar-refractivity contribution in [3.05, 3.63) is 0 Å². The molecule has 0 amide bonds. The van der Waals surface area contributed by atoms with Gasteiger partial charge in [-0.2, -0.15) is 0 Å². The molecule has 112 valence electrons. The van der Waals surface area contributed by atoms with Crippen LogP contribution < -0.4 is 0 Å². The molecular weight excluding hydrogens is 288 g/mol. The predicted molar refractivity (Wildman–Crippen MR) is 63.6 cm³/mol. The first-order chi connectivity index (χ1) is 9.49. The molecule has 5 fully saturated rings. The summed E-state index contributed by atoms with van der Waals surface area (Å²) in [5.74, 6) is -0.341. The Morgan fingerprint density at radius 3 is 2.85 bits per heavy atom. The van der Waals surface area contributed by atoms with Gasteiger partial charge in [-0.1, -0.05) is 0 Å². The van der Waals surface area contributed by atoms with Gasteiger partial charge in [-0.15, -0.1) is 0 Å². The Balaban J connectivity index is 1.75. The van der Waals surface area contributed by atoms with Crippen LogP contribution in [0.1, 0.15) is 0 Å². The molecule has 0 saturated carbocycles. The smallest absolute Gasteiger partial charge is 0.163 e. The summed E-state index contributed by atoms with van der Waals surface area (Å²) in [6, 6.07) is 0. The lowest BCUT2D eigenvalue weighted by atomic mass is 9.59. The zero-order chi connectivity index (χ0) is 13.9. The summed E-state index contributed by atoms with van der Waals surface area (Å²) < 4.78 is 47.4. The first-order valence-electron chi connectivity index (χ1n) is 6.82. The van der Waals surface area contributed by atoms with E-state index in [2.05, 4.69) is 0 Å². The Bertz CT molecular complexity index is 591. The summed E-state index contributed by atoms with van der Waals surface area (Å²) in [7, 11) is -1.76. The number of sulfone groups is 1. The van der Waals surface area contributed by atoms with Gasteiger partial charge in [-0.05, 0) is 0 Å². The highest BCUT2D eigenvalue weighted by atomic mass is 32.2. The lowest BCUT2D eigenvalue weighted by Crippen LogP contribution is -2.67. The largest absolute Gasteiger partial charge is 0.396 e. The summed E-state index contributed by atoms with van der Waals surface area (Å²) in [4.78, 5) is 0. The van der Waals surface area contributed by atoms with Crippen LogP contribution in [0.3, 0.4) is 0 Å². The molecule has 1 N–H and O–H groups in total. The standard InChI is InChI=1S/C12H16O7S/c1-16-10-6-7-8-9(18-8)12(19-7)4-20(14,15)2-5(17-10)11(6,12)3-13/h5-10,13H,2-4H2,1H3/t5-,6-,7-,8-,9-,10+,11+,12-/m1/s1. The van der Waals surface area contributed by atoms with Gasteiger partial charge in [0.15, 0.2) is 16.1 Å². The SMILES string of the molecule is CO[C@H]1O[C@@H]2CS(=O)(=O)C[C@@]34O[C@@H]([C@H]5O[C@H]53)[C@H]1[C@]24CO. The first-order valence-corrected chi connectivity index (χ1v) is 8.64. The molecule has 20 heavy (non-hydrogen) atoms. The van der Waals surface area contributed by atoms with Crippen LogP contribution in [0.25, 0.3) is 0 Å². The Hall–Kier alpha value is -0.250. The van der Waals surface area contributed by atoms with Gasteiger partial charge in [0, 0.05) is 7.11 Å². The van der Waals surface area contributed by atoms with Gasteiger partial charge in [0.2, 0.25) is 0 Å². The Labute approximate surface area is 116 Å². The van der Waals surface area contributed by atoms with E-state index in [1.807, 2.05) is 0 Å². The zero-order valence-electron chi connectivity index (χ0n) is 10.9. The number of aliphatic hydroxyl groups is 1. The van der Waals surface area contributed by atoms with Crippen molar-refractivity contribution >= 4 is 9.84 Å². The van der Waals surface area contributed by atoms with Crippen molar-refractivity contribution in [1.29, 1.82) is 0 Å². The van der Waals surface area contributed by atoms with E-state index >= 15 is 0 Å². The van der Waals surface area contributed by atoms with Gasteiger partial charge >= 0.3 is 0 Å². The average Bonchev–Trinajstić information content (AvgIpc) is 2.97. The van der Waals surface area contributed by atoms with Crippen LogP contribution in [-0.4, -0.2) is 75.1 Å². The number of fused-ring (bicyclic) bond motifs is 4. The number of hydrogen-bond acceptors (Lipinski definition) is 7. The highest BCUT2D eigenvalue weighted by molar-refractivity contribution is 7.91. The minimum atomic E-state index is -3.30. The number of hydrogen-bond donors (Lipinski definition) is 1. The van der Waals surface area contributed by atoms with Crippen LogP contribution in [0, 0.1) is 11.3 Å². The van der Waals surface area contributed by atoms with Crippen molar-refractivity contribution in [2.45, 2.75) is 36.3 Å². The second-order valence-corrected chi connectivity index (χ2v) is 8.61. The fourth-order valence-electron chi connectivity index (χ4n) is 5.20. The predicted octanol–water partition coefficient (Wildman–Crippen LogP) is -1.70. The van der Waals surface area contributed by atoms with E-state index in [1.165, 1.54) is 7.11 Å². The molecule has 5 rings (SSSR count). The number of epoxide rings is 1. The summed E-state index contributed by atoms with van der Waals surface area (Å²) in [6.07, 6.45) is -1.68. The highest BCUT2D eigenvalue weighted by Gasteiger charge is 2.89. The molecule has 0 radical (unpaired) electrons. The first kappa shape index (κ1) is 12.3. The molecular formula is C12H16O7S. The van der Waals surface area contributed by atoms with Crippen LogP contribution in [0.5, 0.6) is 0 Å². The summed E-state index contributed by atoms with van der Waals surface area (Å²) in [5, 5.41) is 10.1. The second-order valence-electron chi connectivity index (χ2n) is 6.50. The topological polar surface area (TPSA) is 94.6 Å². The maximum atomic E-state index is 12.2. The fourth-order valence-corrected chi connectivity index (χ4v) is 7.31. The minimum Gasteiger partial charge on any atom is -0.396 e. The number of rotatable bonds is 2. The third-order valence-corrected chi connectivity index (χ3v) is 7.57.